The van der Waals surface area contributed by atoms with Crippen molar-refractivity contribution in [2.75, 3.05) is 18.0 Å². The summed E-state index contributed by atoms with van der Waals surface area (Å²) in [6.45, 7) is -1.14. The topological polar surface area (TPSA) is 60.7 Å². The Morgan fingerprint density at radius 3 is 2.26 bits per heavy atom. The highest BCUT2D eigenvalue weighted by molar-refractivity contribution is 5.87. The number of rotatable bonds is 5. The van der Waals surface area contributed by atoms with Crippen LogP contribution >= 0.6 is 0 Å². The molecular formula is C21H15F9N4O. The van der Waals surface area contributed by atoms with Gasteiger partial charge in [0.15, 0.2) is 0 Å². The maximum absolute atomic E-state index is 13.3. The zero-order chi connectivity index (χ0) is 26.2. The van der Waals surface area contributed by atoms with Gasteiger partial charge >= 0.3 is 18.5 Å². The zero-order valence-electron chi connectivity index (χ0n) is 17.6. The lowest BCUT2D eigenvalue weighted by molar-refractivity contribution is -0.138. The lowest BCUT2D eigenvalue weighted by Gasteiger charge is -2.26. The van der Waals surface area contributed by atoms with E-state index in [-0.39, 0.29) is 11.4 Å². The molecular weight excluding hydrogens is 495 g/mol. The molecule has 5 nitrogen and oxygen atoms in total. The molecule has 1 aliphatic rings. The van der Waals surface area contributed by atoms with Crippen LogP contribution in [0.1, 0.15) is 29.2 Å². The van der Waals surface area contributed by atoms with Crippen LogP contribution < -0.4 is 10.4 Å². The van der Waals surface area contributed by atoms with E-state index in [1.54, 1.807) is 0 Å². The fourth-order valence-corrected chi connectivity index (χ4v) is 3.33. The number of alkyl halides is 9. The number of hydrogen-bond donors (Lipinski definition) is 1. The summed E-state index contributed by atoms with van der Waals surface area (Å²) in [4.78, 5) is 9.80. The molecule has 2 aromatic carbocycles. The Bertz CT molecular complexity index is 1170. The van der Waals surface area contributed by atoms with Crippen LogP contribution in [0.3, 0.4) is 0 Å². The Balaban J connectivity index is 1.96. The molecule has 1 heterocycles. The molecule has 1 atom stereocenters. The molecule has 35 heavy (non-hydrogen) atoms. The highest BCUT2D eigenvalue weighted by atomic mass is 19.4. The van der Waals surface area contributed by atoms with Crippen LogP contribution in [0.25, 0.3) is 0 Å². The van der Waals surface area contributed by atoms with Crippen molar-refractivity contribution < 1.29 is 44.4 Å². The number of hydroxylamine groups is 1. The largest absolute Gasteiger partial charge is 0.417 e. The van der Waals surface area contributed by atoms with Crippen molar-refractivity contribution in [2.45, 2.75) is 31.2 Å². The lowest BCUT2D eigenvalue weighted by Crippen LogP contribution is -2.40. The number of nitriles is 1. The van der Waals surface area contributed by atoms with Gasteiger partial charge in [0.05, 0.1) is 29.3 Å². The van der Waals surface area contributed by atoms with Gasteiger partial charge in [0.2, 0.25) is 5.72 Å². The number of amidine groups is 1. The van der Waals surface area contributed by atoms with Crippen LogP contribution in [0.2, 0.25) is 0 Å². The molecule has 1 aliphatic heterocycles. The second-order valence-corrected chi connectivity index (χ2v) is 7.63. The Kier molecular flexibility index (Phi) is 6.69. The van der Waals surface area contributed by atoms with Crippen molar-refractivity contribution >= 4 is 11.5 Å². The van der Waals surface area contributed by atoms with Crippen LogP contribution in [-0.2, 0) is 22.9 Å². The van der Waals surface area contributed by atoms with Crippen LogP contribution in [0, 0.1) is 11.3 Å². The van der Waals surface area contributed by atoms with E-state index in [1.165, 1.54) is 19.1 Å². The number of nitrogens with zero attached hydrogens (tertiary/aromatic N) is 3. The first-order valence-corrected chi connectivity index (χ1v) is 9.65. The van der Waals surface area contributed by atoms with Gasteiger partial charge in [0.25, 0.3) is 0 Å². The number of halogens is 9. The quantitative estimate of drug-likeness (QED) is 0.519. The van der Waals surface area contributed by atoms with Crippen LogP contribution in [0.4, 0.5) is 45.2 Å². The first-order valence-electron chi connectivity index (χ1n) is 9.65. The molecule has 188 valence electrons. The Labute approximate surface area is 192 Å². The van der Waals surface area contributed by atoms with Crippen molar-refractivity contribution in [3.05, 3.63) is 64.7 Å². The number of nitrogens with one attached hydrogen (secondary N) is 1. The molecule has 0 amide bonds. The standard InChI is InChI=1S/C21H15F9N4O/c1-18(13-3-2-4-14(7-13)20(25,26)27)32-17(33-35-18)10-34(11-19(22,23)24)15-6-5-12(9-31)16(8-15)21(28,29)30/h2-8H,10-11H2,1H3,(H,32,33). The van der Waals surface area contributed by atoms with Gasteiger partial charge in [-0.05, 0) is 37.3 Å². The molecule has 0 fully saturated rings. The first-order chi connectivity index (χ1) is 16.0. The third-order valence-electron chi connectivity index (χ3n) is 4.95. The van der Waals surface area contributed by atoms with Crippen molar-refractivity contribution in [1.29, 1.82) is 5.26 Å². The summed E-state index contributed by atoms with van der Waals surface area (Å²) in [6.07, 6.45) is -14.5. The molecule has 3 rings (SSSR count). The third-order valence-corrected chi connectivity index (χ3v) is 4.95. The maximum Gasteiger partial charge on any atom is 0.417 e. The fourth-order valence-electron chi connectivity index (χ4n) is 3.33. The summed E-state index contributed by atoms with van der Waals surface area (Å²) >= 11 is 0. The molecule has 0 spiro atoms. The smallest absolute Gasteiger partial charge is 0.355 e. The summed E-state index contributed by atoms with van der Waals surface area (Å²) in [5.41, 5.74) is -3.27. The van der Waals surface area contributed by atoms with Gasteiger partial charge in [-0.3, -0.25) is 0 Å². The first kappa shape index (κ1) is 26.1. The number of aliphatic imine (C=N–C) groups is 1. The molecule has 0 bridgehead atoms. The van der Waals surface area contributed by atoms with E-state index in [4.69, 9.17) is 10.1 Å². The van der Waals surface area contributed by atoms with E-state index < -0.39 is 59.7 Å². The SMILES string of the molecule is CC1(c2cccc(C(F)(F)F)c2)N=C(CN(CC(F)(F)F)c2ccc(C#N)c(C(F)(F)F)c2)NO1. The molecule has 2 aromatic rings. The van der Waals surface area contributed by atoms with Crippen molar-refractivity contribution in [3.63, 3.8) is 0 Å². The normalized spacial score (nSPS) is 18.6. The minimum atomic E-state index is -5.00. The van der Waals surface area contributed by atoms with Crippen molar-refractivity contribution in [2.24, 2.45) is 4.99 Å². The average Bonchev–Trinajstić information content (AvgIpc) is 3.12. The summed E-state index contributed by atoms with van der Waals surface area (Å²) < 4.78 is 119. The molecule has 1 N–H and O–H groups in total. The van der Waals surface area contributed by atoms with Crippen molar-refractivity contribution in [1.82, 2.24) is 5.48 Å². The van der Waals surface area contributed by atoms with E-state index >= 15 is 0 Å². The summed E-state index contributed by atoms with van der Waals surface area (Å²) in [5, 5.41) is 8.90. The van der Waals surface area contributed by atoms with Gasteiger partial charge in [0, 0.05) is 11.3 Å². The highest BCUT2D eigenvalue weighted by Crippen LogP contribution is 2.37. The van der Waals surface area contributed by atoms with E-state index in [0.717, 1.165) is 30.3 Å². The number of hydrogen-bond acceptors (Lipinski definition) is 5. The predicted octanol–water partition coefficient (Wildman–Crippen LogP) is 5.77. The van der Waals surface area contributed by atoms with E-state index in [1.807, 2.05) is 0 Å². The number of anilines is 1. The van der Waals surface area contributed by atoms with E-state index in [9.17, 15) is 39.5 Å². The number of benzene rings is 2. The van der Waals surface area contributed by atoms with Gasteiger partial charge in [-0.25, -0.2) is 15.3 Å². The monoisotopic (exact) mass is 510 g/mol. The molecule has 0 saturated carbocycles. The summed E-state index contributed by atoms with van der Waals surface area (Å²) in [6, 6.07) is 7.36. The second-order valence-electron chi connectivity index (χ2n) is 7.63. The molecule has 14 heteroatoms. The minimum Gasteiger partial charge on any atom is -0.355 e. The average molecular weight is 510 g/mol. The second kappa shape index (κ2) is 8.95. The fraction of sp³-hybridized carbons (Fsp3) is 0.333. The van der Waals surface area contributed by atoms with Crippen LogP contribution in [-0.4, -0.2) is 25.1 Å². The molecule has 0 aromatic heterocycles. The minimum absolute atomic E-state index is 0.0603. The van der Waals surface area contributed by atoms with Gasteiger partial charge in [-0.1, -0.05) is 12.1 Å². The predicted molar refractivity (Wildman–Crippen MR) is 105 cm³/mol. The lowest BCUT2D eigenvalue weighted by atomic mass is 10.0. The Morgan fingerprint density at radius 2 is 1.69 bits per heavy atom. The Hall–Kier alpha value is -3.47. The molecule has 0 radical (unpaired) electrons. The molecule has 1 unspecified atom stereocenters. The summed E-state index contributed by atoms with van der Waals surface area (Å²) in [7, 11) is 0. The summed E-state index contributed by atoms with van der Waals surface area (Å²) in [5.74, 6) is -0.271. The molecule has 0 aliphatic carbocycles. The van der Waals surface area contributed by atoms with Gasteiger partial charge < -0.3 is 4.90 Å². The van der Waals surface area contributed by atoms with Gasteiger partial charge in [-0.2, -0.15) is 44.8 Å². The van der Waals surface area contributed by atoms with Gasteiger partial charge in [-0.15, -0.1) is 0 Å². The molecule has 0 saturated heterocycles. The van der Waals surface area contributed by atoms with E-state index in [2.05, 4.69) is 10.5 Å². The zero-order valence-corrected chi connectivity index (χ0v) is 17.6. The highest BCUT2D eigenvalue weighted by Gasteiger charge is 2.39. The van der Waals surface area contributed by atoms with Crippen molar-refractivity contribution in [3.8, 4) is 6.07 Å². The third kappa shape index (κ3) is 6.16. The van der Waals surface area contributed by atoms with Gasteiger partial charge in [0.1, 0.15) is 12.4 Å². The van der Waals surface area contributed by atoms with Crippen LogP contribution in [0.5, 0.6) is 0 Å². The van der Waals surface area contributed by atoms with E-state index in [0.29, 0.717) is 11.0 Å². The van der Waals surface area contributed by atoms with Crippen LogP contribution in [0.15, 0.2) is 47.5 Å². The Morgan fingerprint density at radius 1 is 1.00 bits per heavy atom. The maximum atomic E-state index is 13.3.